The fourth-order valence-electron chi connectivity index (χ4n) is 3.35. The zero-order valence-corrected chi connectivity index (χ0v) is 20.4. The number of carbonyl (C=O) groups is 1. The second-order valence-corrected chi connectivity index (χ2v) is 8.16. The summed E-state index contributed by atoms with van der Waals surface area (Å²) < 4.78 is 125. The summed E-state index contributed by atoms with van der Waals surface area (Å²) >= 11 is 0. The molecule has 0 spiro atoms. The number of rotatable bonds is 10. The molecule has 0 bridgehead atoms. The van der Waals surface area contributed by atoms with E-state index in [-0.39, 0.29) is 22.6 Å². The van der Waals surface area contributed by atoms with Crippen LogP contribution < -0.4 is 9.47 Å². The Bertz CT molecular complexity index is 1430. The van der Waals surface area contributed by atoms with Crippen LogP contribution in [0.5, 0.6) is 11.6 Å². The van der Waals surface area contributed by atoms with Crippen molar-refractivity contribution in [3.63, 3.8) is 0 Å². The van der Waals surface area contributed by atoms with Gasteiger partial charge in [-0.1, -0.05) is 12.1 Å². The molecule has 0 aliphatic carbocycles. The molecule has 0 radical (unpaired) electrons. The SMILES string of the molecule is [2H]C(C)(C)Oc1ccc(C([2H])([2H])c2c(O[C@@H]3O[C@H](COC(=O)OCC)[C@@H](O)[C@H](O)[C@H]3O)nn(C(C([2H])([2H])[2H])C([2H])([2H])[2H])c2C([2H])([2H])[2H])cc1. The molecule has 1 fully saturated rings. The van der Waals surface area contributed by atoms with Crippen LogP contribution >= 0.6 is 0 Å². The van der Waals surface area contributed by atoms with Crippen molar-refractivity contribution in [2.75, 3.05) is 13.2 Å². The van der Waals surface area contributed by atoms with Crippen molar-refractivity contribution in [3.05, 3.63) is 41.1 Å². The minimum Gasteiger partial charge on any atom is -0.491 e. The maximum atomic E-state index is 11.7. The largest absolute Gasteiger partial charge is 0.508 e. The van der Waals surface area contributed by atoms with Crippen molar-refractivity contribution < 1.29 is 60.2 Å². The molecule has 2 aromatic rings. The van der Waals surface area contributed by atoms with Crippen molar-refractivity contribution in [1.82, 2.24) is 9.78 Å². The van der Waals surface area contributed by atoms with Crippen LogP contribution in [0.15, 0.2) is 24.3 Å². The lowest BCUT2D eigenvalue weighted by Gasteiger charge is -2.39. The van der Waals surface area contributed by atoms with Crippen molar-refractivity contribution in [1.29, 1.82) is 0 Å². The first-order valence-corrected chi connectivity index (χ1v) is 11.3. The standard InChI is InChI=1S/C26H38N2O9/c1-7-33-26(32)34-13-20-21(29)22(30)23(31)25(36-20)37-24-19(16(6)28(27-24)14(2)3)12-17-8-10-18(11-9-17)35-15(4)5/h8-11,14-15,20-23,25,29-31H,7,12-13H2,1-6H3/t20-,21-,22+,23-,25+/m1/s1/i2D3,3D3,6D3,12D2,15D. The Morgan fingerprint density at radius 1 is 1.19 bits per heavy atom. The lowest BCUT2D eigenvalue weighted by molar-refractivity contribution is -0.278. The summed E-state index contributed by atoms with van der Waals surface area (Å²) in [6.45, 7) is -6.75. The van der Waals surface area contributed by atoms with Gasteiger partial charge in [0.25, 0.3) is 0 Å². The Kier molecular flexibility index (Phi) is 5.51. The van der Waals surface area contributed by atoms with Gasteiger partial charge in [0.05, 0.1) is 14.1 Å². The minimum absolute atomic E-state index is 0.0648. The smallest absolute Gasteiger partial charge is 0.491 e. The first-order chi connectivity index (χ1) is 22.2. The number of hydrogen-bond acceptors (Lipinski definition) is 10. The summed E-state index contributed by atoms with van der Waals surface area (Å²) in [4.78, 5) is 11.7. The molecule has 3 rings (SSSR count). The predicted octanol–water partition coefficient (Wildman–Crippen LogP) is 2.51. The zero-order valence-electron chi connectivity index (χ0n) is 32.4. The molecule has 0 unspecified atom stereocenters. The van der Waals surface area contributed by atoms with Gasteiger partial charge in [-0.3, -0.25) is 4.68 Å². The Balaban J connectivity index is 2.26. The second-order valence-electron chi connectivity index (χ2n) is 8.16. The summed E-state index contributed by atoms with van der Waals surface area (Å²) in [5.74, 6) is -0.907. The molecule has 2 heterocycles. The van der Waals surface area contributed by atoms with Gasteiger partial charge >= 0.3 is 6.16 Å². The highest BCUT2D eigenvalue weighted by Crippen LogP contribution is 2.31. The van der Waals surface area contributed by atoms with E-state index in [1.807, 2.05) is 0 Å². The number of aromatic nitrogens is 2. The Morgan fingerprint density at radius 2 is 1.92 bits per heavy atom. The van der Waals surface area contributed by atoms with Crippen LogP contribution in [0.3, 0.4) is 0 Å². The molecule has 11 heteroatoms. The molecule has 1 aliphatic rings. The normalized spacial score (nSPS) is 30.3. The highest BCUT2D eigenvalue weighted by atomic mass is 16.7. The average molecular weight is 535 g/mol. The number of carbonyl (C=O) groups excluding carboxylic acids is 1. The van der Waals surface area contributed by atoms with Crippen LogP contribution in [0.25, 0.3) is 0 Å². The number of aliphatic hydroxyl groups is 3. The molecule has 3 N–H and O–H groups in total. The predicted molar refractivity (Wildman–Crippen MR) is 133 cm³/mol. The lowest BCUT2D eigenvalue weighted by Crippen LogP contribution is -2.60. The van der Waals surface area contributed by atoms with Gasteiger partial charge in [-0.15, -0.1) is 5.10 Å². The van der Waals surface area contributed by atoms with Gasteiger partial charge in [-0.05, 0) is 59.0 Å². The van der Waals surface area contributed by atoms with E-state index in [1.54, 1.807) is 0 Å². The van der Waals surface area contributed by atoms with E-state index in [9.17, 15) is 20.1 Å². The van der Waals surface area contributed by atoms with Crippen LogP contribution in [0.4, 0.5) is 4.79 Å². The third-order valence-electron chi connectivity index (χ3n) is 5.09. The molecule has 1 aromatic carbocycles. The lowest BCUT2D eigenvalue weighted by atomic mass is 9.99. The molecule has 1 aliphatic heterocycles. The Labute approximate surface area is 233 Å². The average Bonchev–Trinajstić information content (AvgIpc) is 3.30. The molecule has 37 heavy (non-hydrogen) atoms. The number of hydrogen-bond donors (Lipinski definition) is 3. The van der Waals surface area contributed by atoms with E-state index in [2.05, 4.69) is 9.84 Å². The van der Waals surface area contributed by atoms with Crippen molar-refractivity contribution in [2.24, 2.45) is 0 Å². The number of benzene rings is 1. The molecule has 11 nitrogen and oxygen atoms in total. The summed E-state index contributed by atoms with van der Waals surface area (Å²) in [6.07, 6.45) is -15.3. The van der Waals surface area contributed by atoms with Crippen molar-refractivity contribution >= 4 is 6.16 Å². The van der Waals surface area contributed by atoms with E-state index in [4.69, 9.17) is 35.4 Å². The van der Waals surface area contributed by atoms with E-state index < -0.39 is 99.7 Å². The van der Waals surface area contributed by atoms with Gasteiger partial charge in [0.1, 0.15) is 36.8 Å². The quantitative estimate of drug-likeness (QED) is 0.389. The minimum atomic E-state index is -3.44. The van der Waals surface area contributed by atoms with Crippen molar-refractivity contribution in [3.8, 4) is 11.6 Å². The van der Waals surface area contributed by atoms with Crippen LogP contribution in [0.1, 0.15) is 73.8 Å². The number of ether oxygens (including phenoxy) is 5. The van der Waals surface area contributed by atoms with Gasteiger partial charge in [0, 0.05) is 38.8 Å². The molecule has 5 atom stereocenters. The molecular weight excluding hydrogens is 484 g/mol. The van der Waals surface area contributed by atoms with Crippen LogP contribution in [-0.4, -0.2) is 81.3 Å². The number of aliphatic hydroxyl groups excluding tert-OH is 3. The summed E-state index contributed by atoms with van der Waals surface area (Å²) in [7, 11) is 0. The maximum absolute atomic E-state index is 11.7. The fourth-order valence-corrected chi connectivity index (χ4v) is 3.35. The van der Waals surface area contributed by atoms with Crippen LogP contribution in [0.2, 0.25) is 0 Å². The zero-order chi connectivity index (χ0) is 37.5. The van der Waals surface area contributed by atoms with Gasteiger partial charge in [0.15, 0.2) is 0 Å². The van der Waals surface area contributed by atoms with Gasteiger partial charge in [-0.2, -0.15) is 0 Å². The van der Waals surface area contributed by atoms with Crippen LogP contribution in [-0.2, 0) is 20.6 Å². The van der Waals surface area contributed by atoms with Gasteiger partial charge in [-0.25, -0.2) is 4.79 Å². The Hall–Kier alpha value is -2.86. The van der Waals surface area contributed by atoms with Crippen molar-refractivity contribution in [2.45, 2.75) is 90.5 Å². The highest BCUT2D eigenvalue weighted by Gasteiger charge is 2.46. The molecule has 206 valence electrons. The topological polar surface area (TPSA) is 142 Å². The Morgan fingerprint density at radius 3 is 2.54 bits per heavy atom. The van der Waals surface area contributed by atoms with E-state index in [0.717, 1.165) is 0 Å². The fraction of sp³-hybridized carbons (Fsp3) is 0.615. The molecule has 1 aromatic heterocycles. The monoisotopic (exact) mass is 534 g/mol. The first-order valence-electron chi connectivity index (χ1n) is 17.3. The summed E-state index contributed by atoms with van der Waals surface area (Å²) in [5.41, 5.74) is -2.43. The third-order valence-corrected chi connectivity index (χ3v) is 5.09. The van der Waals surface area contributed by atoms with Crippen LogP contribution in [0, 0.1) is 6.85 Å². The molecule has 1 saturated heterocycles. The third kappa shape index (κ3) is 7.13. The van der Waals surface area contributed by atoms with E-state index >= 15 is 0 Å². The first kappa shape index (κ1) is 16.2. The summed E-state index contributed by atoms with van der Waals surface area (Å²) in [5, 5.41) is 35.6. The van der Waals surface area contributed by atoms with E-state index in [0.29, 0.717) is 0 Å². The highest BCUT2D eigenvalue weighted by molar-refractivity contribution is 5.59. The van der Waals surface area contributed by atoms with E-state index in [1.165, 1.54) is 45.0 Å². The second kappa shape index (κ2) is 12.6. The number of nitrogens with zero attached hydrogens (tertiary/aromatic N) is 2. The summed E-state index contributed by atoms with van der Waals surface area (Å²) in [6, 6.07) is 2.25. The molecular formula is C26H38N2O9. The molecule has 0 saturated carbocycles. The maximum Gasteiger partial charge on any atom is 0.508 e. The molecule has 0 amide bonds. The van der Waals surface area contributed by atoms with Gasteiger partial charge in [0.2, 0.25) is 12.2 Å². The van der Waals surface area contributed by atoms with Gasteiger partial charge < -0.3 is 39.0 Å².